The minimum absolute atomic E-state index is 0.0969. The van der Waals surface area contributed by atoms with Crippen molar-refractivity contribution in [3.8, 4) is 12.3 Å². The van der Waals surface area contributed by atoms with Gasteiger partial charge in [0.25, 0.3) is 10.1 Å². The third-order valence-corrected chi connectivity index (χ3v) is 10.3. The number of anilines is 1. The van der Waals surface area contributed by atoms with Gasteiger partial charge in [-0.2, -0.15) is 13.0 Å². The third-order valence-electron chi connectivity index (χ3n) is 9.47. The van der Waals surface area contributed by atoms with E-state index in [1.54, 1.807) is 0 Å². The summed E-state index contributed by atoms with van der Waals surface area (Å²) in [6.07, 6.45) is 16.1. The van der Waals surface area contributed by atoms with Crippen molar-refractivity contribution in [2.75, 3.05) is 30.8 Å². The van der Waals surface area contributed by atoms with Crippen LogP contribution in [0, 0.1) is 12.3 Å². The summed E-state index contributed by atoms with van der Waals surface area (Å²) in [6, 6.07) is 17.1. The molecular formula is C37H44N3O3S+. The smallest absolute Gasteiger partial charge is 0.264 e. The van der Waals surface area contributed by atoms with E-state index in [0.717, 1.165) is 25.0 Å². The molecule has 2 aromatic rings. The molecule has 7 heteroatoms. The van der Waals surface area contributed by atoms with Crippen molar-refractivity contribution in [3.05, 3.63) is 94.7 Å². The van der Waals surface area contributed by atoms with Gasteiger partial charge in [-0.05, 0) is 62.0 Å². The number of hydrogen-bond acceptors (Lipinski definition) is 4. The Hall–Kier alpha value is -3.73. The number of para-hydroxylation sites is 2. The molecule has 1 saturated carbocycles. The number of fused-ring (bicyclic) bond motifs is 2. The van der Waals surface area contributed by atoms with Crippen LogP contribution in [0.15, 0.2) is 88.6 Å². The Morgan fingerprint density at radius 2 is 1.66 bits per heavy atom. The quantitative estimate of drug-likeness (QED) is 0.142. The summed E-state index contributed by atoms with van der Waals surface area (Å²) < 4.78 is 34.1. The average molecular weight is 611 g/mol. The van der Waals surface area contributed by atoms with Crippen LogP contribution in [0.4, 0.5) is 11.4 Å². The van der Waals surface area contributed by atoms with Crippen LogP contribution >= 0.6 is 0 Å². The van der Waals surface area contributed by atoms with Gasteiger partial charge in [-0.15, -0.1) is 6.42 Å². The summed E-state index contributed by atoms with van der Waals surface area (Å²) in [5, 5.41) is 0. The molecule has 1 aliphatic carbocycles. The second-order valence-corrected chi connectivity index (χ2v) is 14.6. The number of terminal acetylenes is 1. The number of rotatable bonds is 9. The summed E-state index contributed by atoms with van der Waals surface area (Å²) in [5.41, 5.74) is 10.7. The predicted octanol–water partition coefficient (Wildman–Crippen LogP) is 7.15. The third kappa shape index (κ3) is 6.11. The number of nitrogens with zero attached hydrogens (tertiary/aromatic N) is 3. The Labute approximate surface area is 263 Å². The van der Waals surface area contributed by atoms with E-state index in [1.807, 2.05) is 0 Å². The molecule has 0 bridgehead atoms. The van der Waals surface area contributed by atoms with Gasteiger partial charge < -0.3 is 4.90 Å². The van der Waals surface area contributed by atoms with Gasteiger partial charge >= 0.3 is 0 Å². The highest BCUT2D eigenvalue weighted by atomic mass is 32.2. The van der Waals surface area contributed by atoms with Crippen LogP contribution in [0.5, 0.6) is 0 Å². The molecule has 0 unspecified atom stereocenters. The number of hydrogen-bond donors (Lipinski definition) is 1. The first-order valence-corrected chi connectivity index (χ1v) is 17.1. The van der Waals surface area contributed by atoms with Crippen molar-refractivity contribution in [1.82, 2.24) is 0 Å². The Morgan fingerprint density at radius 3 is 2.36 bits per heavy atom. The SMILES string of the molecule is C#CCN=C1C(=C/C=C2/N(C)c3ccccc3C2(C)C)CC/C1=C/CC1=[N+](CCCCS(=O)(=O)O)c2ccccc2C1(C)C. The molecule has 230 valence electrons. The molecule has 2 aliphatic heterocycles. The zero-order valence-corrected chi connectivity index (χ0v) is 27.4. The van der Waals surface area contributed by atoms with E-state index in [4.69, 9.17) is 11.4 Å². The summed E-state index contributed by atoms with van der Waals surface area (Å²) in [6.45, 7) is 10.1. The highest BCUT2D eigenvalue weighted by Gasteiger charge is 2.44. The average Bonchev–Trinajstić information content (AvgIpc) is 3.53. The normalized spacial score (nSPS) is 22.3. The Bertz CT molecular complexity index is 1760. The van der Waals surface area contributed by atoms with Crippen molar-refractivity contribution in [2.24, 2.45) is 4.99 Å². The van der Waals surface area contributed by atoms with Gasteiger partial charge in [-0.3, -0.25) is 9.55 Å². The molecule has 3 aliphatic rings. The monoisotopic (exact) mass is 610 g/mol. The van der Waals surface area contributed by atoms with Gasteiger partial charge in [0.1, 0.15) is 13.1 Å². The minimum Gasteiger partial charge on any atom is -0.347 e. The number of allylic oxidation sites excluding steroid dienone is 6. The lowest BCUT2D eigenvalue weighted by molar-refractivity contribution is -0.440. The molecular weight excluding hydrogens is 566 g/mol. The van der Waals surface area contributed by atoms with Gasteiger partial charge in [-0.25, -0.2) is 0 Å². The number of benzene rings is 2. The lowest BCUT2D eigenvalue weighted by atomic mass is 9.80. The van der Waals surface area contributed by atoms with E-state index in [0.29, 0.717) is 25.9 Å². The lowest BCUT2D eigenvalue weighted by Gasteiger charge is -2.23. The predicted molar refractivity (Wildman–Crippen MR) is 182 cm³/mol. The van der Waals surface area contributed by atoms with E-state index in [-0.39, 0.29) is 16.6 Å². The van der Waals surface area contributed by atoms with Crippen LogP contribution in [0.3, 0.4) is 0 Å². The van der Waals surface area contributed by atoms with Crippen molar-refractivity contribution >= 4 is 32.9 Å². The standard InChI is InChI=1S/C37H43N3O3S/c1-7-24-38-35-27(20-22-33-36(2,3)29-14-8-10-16-31(29)39(33)6)18-19-28(35)21-23-34-37(4,5)30-15-9-11-17-32(30)40(34)25-12-13-26-44(41,42)43/h1,8-11,14-17,20-22H,12-13,18-19,23-26H2,2-6H3/p+1/b27-20?,28-21-,33-22+,38-35?. The topological polar surface area (TPSA) is 73.0 Å². The minimum atomic E-state index is -3.97. The first kappa shape index (κ1) is 31.7. The van der Waals surface area contributed by atoms with Crippen LogP contribution in [-0.2, 0) is 20.9 Å². The van der Waals surface area contributed by atoms with E-state index >= 15 is 0 Å². The van der Waals surface area contributed by atoms with E-state index in [1.165, 1.54) is 45.1 Å². The summed E-state index contributed by atoms with van der Waals surface area (Å²) >= 11 is 0. The maximum atomic E-state index is 11.3. The van der Waals surface area contributed by atoms with Crippen LogP contribution in [0.25, 0.3) is 0 Å². The van der Waals surface area contributed by atoms with Gasteiger partial charge in [0, 0.05) is 48.3 Å². The molecule has 6 nitrogen and oxygen atoms in total. The Kier molecular flexibility index (Phi) is 8.89. The van der Waals surface area contributed by atoms with Crippen LogP contribution in [-0.4, -0.2) is 54.9 Å². The zero-order chi connectivity index (χ0) is 31.7. The van der Waals surface area contributed by atoms with Crippen molar-refractivity contribution in [3.63, 3.8) is 0 Å². The van der Waals surface area contributed by atoms with Crippen LogP contribution < -0.4 is 4.90 Å². The van der Waals surface area contributed by atoms with Crippen molar-refractivity contribution < 1.29 is 17.5 Å². The van der Waals surface area contributed by atoms with E-state index < -0.39 is 10.1 Å². The number of likely N-dealkylation sites (N-methyl/N-ethyl adjacent to an activating group) is 1. The molecule has 0 radical (unpaired) electrons. The lowest BCUT2D eigenvalue weighted by Crippen LogP contribution is -2.29. The first-order chi connectivity index (χ1) is 20.9. The molecule has 0 aromatic heterocycles. The van der Waals surface area contributed by atoms with Crippen LogP contribution in [0.2, 0.25) is 0 Å². The largest absolute Gasteiger partial charge is 0.347 e. The van der Waals surface area contributed by atoms with E-state index in [9.17, 15) is 13.0 Å². The van der Waals surface area contributed by atoms with Gasteiger partial charge in [-0.1, -0.05) is 68.3 Å². The summed E-state index contributed by atoms with van der Waals surface area (Å²) in [7, 11) is -1.83. The van der Waals surface area contributed by atoms with Crippen molar-refractivity contribution in [2.45, 2.75) is 70.6 Å². The van der Waals surface area contributed by atoms with Crippen molar-refractivity contribution in [1.29, 1.82) is 0 Å². The molecule has 44 heavy (non-hydrogen) atoms. The maximum absolute atomic E-state index is 11.3. The highest BCUT2D eigenvalue weighted by molar-refractivity contribution is 7.85. The fraction of sp³-hybridized carbons (Fsp3) is 0.405. The molecule has 1 fully saturated rings. The second-order valence-electron chi connectivity index (χ2n) is 13.0. The molecule has 0 spiro atoms. The molecule has 5 rings (SSSR count). The first-order valence-electron chi connectivity index (χ1n) is 15.5. The fourth-order valence-electron chi connectivity index (χ4n) is 7.15. The molecule has 2 heterocycles. The maximum Gasteiger partial charge on any atom is 0.264 e. The fourth-order valence-corrected chi connectivity index (χ4v) is 7.72. The molecule has 0 saturated heterocycles. The summed E-state index contributed by atoms with van der Waals surface area (Å²) in [4.78, 5) is 7.16. The Balaban J connectivity index is 1.44. The summed E-state index contributed by atoms with van der Waals surface area (Å²) in [5.74, 6) is 2.48. The van der Waals surface area contributed by atoms with Crippen LogP contribution in [0.1, 0.15) is 70.9 Å². The van der Waals surface area contributed by atoms with E-state index in [2.05, 4.69) is 117 Å². The molecule has 0 atom stereocenters. The van der Waals surface area contributed by atoms with Gasteiger partial charge in [0.15, 0.2) is 5.71 Å². The number of aliphatic imine (C=N–C) groups is 1. The molecule has 0 amide bonds. The van der Waals surface area contributed by atoms with Gasteiger partial charge in [0.2, 0.25) is 5.69 Å². The highest BCUT2D eigenvalue weighted by Crippen LogP contribution is 2.47. The second kappa shape index (κ2) is 12.3. The molecule has 2 aromatic carbocycles. The Morgan fingerprint density at radius 1 is 0.977 bits per heavy atom. The van der Waals surface area contributed by atoms with Gasteiger partial charge in [0.05, 0.1) is 16.9 Å². The zero-order valence-electron chi connectivity index (χ0n) is 26.6. The number of unbranched alkanes of at least 4 members (excludes halogenated alkanes) is 1. The molecule has 1 N–H and O–H groups in total.